The minimum Gasteiger partial charge on any atom is -0.497 e. The van der Waals surface area contributed by atoms with Crippen LogP contribution in [0.15, 0.2) is 53.0 Å². The molecule has 1 aliphatic carbocycles. The molecule has 0 bridgehead atoms. The Hall–Kier alpha value is -0.800. The van der Waals surface area contributed by atoms with E-state index in [0.29, 0.717) is 4.83 Å². The second-order valence-corrected chi connectivity index (χ2v) is 7.04. The molecule has 20 heavy (non-hydrogen) atoms. The van der Waals surface area contributed by atoms with Crippen LogP contribution >= 0.6 is 31.9 Å². The first-order valence-electron chi connectivity index (χ1n) is 6.70. The maximum absolute atomic E-state index is 5.27. The lowest BCUT2D eigenvalue weighted by Gasteiger charge is -2.24. The van der Waals surface area contributed by atoms with Crippen molar-refractivity contribution in [3.8, 4) is 5.75 Å². The summed E-state index contributed by atoms with van der Waals surface area (Å²) in [6, 6.07) is 17.0. The molecule has 3 rings (SSSR count). The standard InChI is InChI=1S/C17H16Br2O/c1-20-13-7-8-14(15(18)11-13)16(19)17(9-10-17)12-5-3-2-4-6-12/h2-8,11,16H,9-10H2,1H3. The zero-order valence-corrected chi connectivity index (χ0v) is 14.4. The summed E-state index contributed by atoms with van der Waals surface area (Å²) in [6.45, 7) is 0. The molecule has 104 valence electrons. The van der Waals surface area contributed by atoms with Gasteiger partial charge in [-0.1, -0.05) is 68.3 Å². The van der Waals surface area contributed by atoms with Gasteiger partial charge in [0.2, 0.25) is 0 Å². The maximum Gasteiger partial charge on any atom is 0.120 e. The first-order chi connectivity index (χ1) is 9.67. The number of benzene rings is 2. The van der Waals surface area contributed by atoms with Crippen molar-refractivity contribution < 1.29 is 4.74 Å². The Labute approximate surface area is 136 Å². The number of rotatable bonds is 4. The molecule has 3 heteroatoms. The highest BCUT2D eigenvalue weighted by atomic mass is 79.9. The van der Waals surface area contributed by atoms with Crippen LogP contribution in [0.1, 0.15) is 28.8 Å². The van der Waals surface area contributed by atoms with Gasteiger partial charge in [0.05, 0.1) is 11.9 Å². The molecule has 1 atom stereocenters. The first kappa shape index (κ1) is 14.2. The summed E-state index contributed by atoms with van der Waals surface area (Å²) in [5.74, 6) is 0.880. The smallest absolute Gasteiger partial charge is 0.120 e. The number of hydrogen-bond acceptors (Lipinski definition) is 1. The second-order valence-electron chi connectivity index (χ2n) is 5.27. The van der Waals surface area contributed by atoms with Crippen LogP contribution < -0.4 is 4.74 Å². The number of hydrogen-bond donors (Lipinski definition) is 0. The molecular formula is C17H16Br2O. The molecule has 1 fully saturated rings. The molecule has 0 aliphatic heterocycles. The molecule has 2 aromatic rings. The lowest BCUT2D eigenvalue weighted by Crippen LogP contribution is -2.14. The van der Waals surface area contributed by atoms with Gasteiger partial charge in [0.1, 0.15) is 5.75 Å². The van der Waals surface area contributed by atoms with Crippen LogP contribution in [0.3, 0.4) is 0 Å². The van der Waals surface area contributed by atoms with E-state index in [1.807, 2.05) is 12.1 Å². The summed E-state index contributed by atoms with van der Waals surface area (Å²) in [5, 5.41) is 0. The van der Waals surface area contributed by atoms with Gasteiger partial charge >= 0.3 is 0 Å². The summed E-state index contributed by atoms with van der Waals surface area (Å²) in [7, 11) is 1.69. The summed E-state index contributed by atoms with van der Waals surface area (Å²) >= 11 is 7.60. The predicted molar refractivity (Wildman–Crippen MR) is 89.7 cm³/mol. The maximum atomic E-state index is 5.27. The fraction of sp³-hybridized carbons (Fsp3) is 0.294. The van der Waals surface area contributed by atoms with Crippen LogP contribution in [0.4, 0.5) is 0 Å². The zero-order valence-electron chi connectivity index (χ0n) is 11.3. The lowest BCUT2D eigenvalue weighted by molar-refractivity contribution is 0.414. The van der Waals surface area contributed by atoms with Gasteiger partial charge in [0.15, 0.2) is 0 Å². The van der Waals surface area contributed by atoms with Gasteiger partial charge in [-0.15, -0.1) is 0 Å². The van der Waals surface area contributed by atoms with Crippen molar-refractivity contribution in [1.82, 2.24) is 0 Å². The highest BCUT2D eigenvalue weighted by molar-refractivity contribution is 9.11. The number of halogens is 2. The molecule has 0 saturated heterocycles. The molecular weight excluding hydrogens is 380 g/mol. The molecule has 0 aromatic heterocycles. The van der Waals surface area contributed by atoms with E-state index in [1.165, 1.54) is 24.0 Å². The summed E-state index contributed by atoms with van der Waals surface area (Å²) in [6.07, 6.45) is 2.46. The van der Waals surface area contributed by atoms with Crippen molar-refractivity contribution in [2.24, 2.45) is 0 Å². The normalized spacial score (nSPS) is 17.6. The van der Waals surface area contributed by atoms with Crippen molar-refractivity contribution in [2.45, 2.75) is 23.1 Å². The van der Waals surface area contributed by atoms with Crippen molar-refractivity contribution in [1.29, 1.82) is 0 Å². The van der Waals surface area contributed by atoms with E-state index in [9.17, 15) is 0 Å². The molecule has 0 amide bonds. The molecule has 0 N–H and O–H groups in total. The Balaban J connectivity index is 1.95. The van der Waals surface area contributed by atoms with Gasteiger partial charge in [0, 0.05) is 9.89 Å². The zero-order chi connectivity index (χ0) is 14.2. The monoisotopic (exact) mass is 394 g/mol. The summed E-state index contributed by atoms with van der Waals surface area (Å²) < 4.78 is 6.37. The van der Waals surface area contributed by atoms with Gasteiger partial charge in [-0.3, -0.25) is 0 Å². The molecule has 0 spiro atoms. The molecule has 1 unspecified atom stereocenters. The number of alkyl halides is 1. The lowest BCUT2D eigenvalue weighted by atomic mass is 9.89. The van der Waals surface area contributed by atoms with Gasteiger partial charge in [-0.2, -0.15) is 0 Å². The summed E-state index contributed by atoms with van der Waals surface area (Å²) in [5.41, 5.74) is 2.94. The van der Waals surface area contributed by atoms with E-state index in [-0.39, 0.29) is 5.41 Å². The fourth-order valence-corrected chi connectivity index (χ4v) is 4.75. The van der Waals surface area contributed by atoms with Crippen LogP contribution in [-0.4, -0.2) is 7.11 Å². The van der Waals surface area contributed by atoms with Crippen LogP contribution in [0.2, 0.25) is 0 Å². The van der Waals surface area contributed by atoms with Gasteiger partial charge in [0.25, 0.3) is 0 Å². The van der Waals surface area contributed by atoms with Gasteiger partial charge < -0.3 is 4.74 Å². The number of ether oxygens (including phenoxy) is 1. The molecule has 1 saturated carbocycles. The largest absolute Gasteiger partial charge is 0.497 e. The van der Waals surface area contributed by atoms with Crippen molar-refractivity contribution >= 4 is 31.9 Å². The molecule has 0 radical (unpaired) electrons. The Bertz CT molecular complexity index is 606. The minimum atomic E-state index is 0.234. The van der Waals surface area contributed by atoms with Gasteiger partial charge in [-0.25, -0.2) is 0 Å². The topological polar surface area (TPSA) is 9.23 Å². The van der Waals surface area contributed by atoms with Crippen molar-refractivity contribution in [3.05, 3.63) is 64.1 Å². The Morgan fingerprint density at radius 1 is 1.10 bits per heavy atom. The minimum absolute atomic E-state index is 0.234. The van der Waals surface area contributed by atoms with E-state index in [0.717, 1.165) is 10.2 Å². The fourth-order valence-electron chi connectivity index (χ4n) is 2.73. The Morgan fingerprint density at radius 3 is 2.35 bits per heavy atom. The molecule has 0 heterocycles. The molecule has 1 nitrogen and oxygen atoms in total. The van der Waals surface area contributed by atoms with Crippen LogP contribution in [0.25, 0.3) is 0 Å². The summed E-state index contributed by atoms with van der Waals surface area (Å²) in [4.78, 5) is 0.317. The Kier molecular flexibility index (Phi) is 3.91. The van der Waals surface area contributed by atoms with E-state index in [1.54, 1.807) is 7.11 Å². The molecule has 1 aliphatic rings. The molecule has 2 aromatic carbocycles. The quantitative estimate of drug-likeness (QED) is 0.610. The van der Waals surface area contributed by atoms with Crippen molar-refractivity contribution in [3.63, 3.8) is 0 Å². The number of methoxy groups -OCH3 is 1. The highest BCUT2D eigenvalue weighted by Gasteiger charge is 2.50. The highest BCUT2D eigenvalue weighted by Crippen LogP contribution is 2.60. The van der Waals surface area contributed by atoms with Crippen molar-refractivity contribution in [2.75, 3.05) is 7.11 Å². The van der Waals surface area contributed by atoms with Crippen LogP contribution in [0, 0.1) is 0 Å². The van der Waals surface area contributed by atoms with E-state index in [4.69, 9.17) is 4.74 Å². The van der Waals surface area contributed by atoms with E-state index >= 15 is 0 Å². The Morgan fingerprint density at radius 2 is 1.80 bits per heavy atom. The third kappa shape index (κ3) is 2.42. The average molecular weight is 396 g/mol. The first-order valence-corrected chi connectivity index (χ1v) is 8.41. The van der Waals surface area contributed by atoms with Crippen LogP contribution in [-0.2, 0) is 5.41 Å². The second kappa shape index (κ2) is 5.53. The third-order valence-corrected chi connectivity index (χ3v) is 6.16. The van der Waals surface area contributed by atoms with Gasteiger partial charge in [-0.05, 0) is 36.1 Å². The van der Waals surface area contributed by atoms with E-state index in [2.05, 4.69) is 68.3 Å². The predicted octanol–water partition coefficient (Wildman–Crippen LogP) is 5.63. The van der Waals surface area contributed by atoms with Crippen LogP contribution in [0.5, 0.6) is 5.75 Å². The SMILES string of the molecule is COc1ccc(C(Br)C2(c3ccccc3)CC2)c(Br)c1. The van der Waals surface area contributed by atoms with E-state index < -0.39 is 0 Å². The third-order valence-electron chi connectivity index (χ3n) is 4.10. The average Bonchev–Trinajstić information content (AvgIpc) is 3.29.